The minimum Gasteiger partial charge on any atom is -0.457 e. The molecule has 3 aromatic rings. The summed E-state index contributed by atoms with van der Waals surface area (Å²) in [5, 5.41) is 2.68. The first-order valence-corrected chi connectivity index (χ1v) is 7.98. The maximum Gasteiger partial charge on any atom is 0.341 e. The smallest absolute Gasteiger partial charge is 0.341 e. The Morgan fingerprint density at radius 1 is 0.870 bits per heavy atom. The first-order valence-electron chi connectivity index (χ1n) is 6.85. The van der Waals surface area contributed by atoms with Crippen LogP contribution in [0, 0.1) is 0 Å². The van der Waals surface area contributed by atoms with E-state index < -0.39 is 5.97 Å². The number of carbonyl (C=O) groups is 1. The van der Waals surface area contributed by atoms with Gasteiger partial charge in [-0.2, -0.15) is 0 Å². The van der Waals surface area contributed by atoms with Crippen molar-refractivity contribution >= 4 is 51.5 Å². The number of hydrogen-bond donors (Lipinski definition) is 0. The molecule has 0 radical (unpaired) electrons. The molecule has 23 heavy (non-hydrogen) atoms. The number of benzene rings is 3. The van der Waals surface area contributed by atoms with Crippen molar-refractivity contribution in [3.8, 4) is 0 Å². The number of halogens is 3. The third kappa shape index (κ3) is 3.30. The van der Waals surface area contributed by atoms with Crippen molar-refractivity contribution in [2.45, 2.75) is 6.61 Å². The molecular formula is C18H11Cl3O2. The average molecular weight is 366 g/mol. The topological polar surface area (TPSA) is 26.3 Å². The molecule has 0 aliphatic heterocycles. The Bertz CT molecular complexity index is 885. The van der Waals surface area contributed by atoms with E-state index in [0.717, 1.165) is 16.3 Å². The van der Waals surface area contributed by atoms with Crippen LogP contribution in [0.1, 0.15) is 15.9 Å². The lowest BCUT2D eigenvalue weighted by atomic mass is 10.1. The number of ether oxygens (including phenoxy) is 1. The fourth-order valence-corrected chi connectivity index (χ4v) is 3.03. The zero-order chi connectivity index (χ0) is 16.4. The molecule has 3 aromatic carbocycles. The van der Waals surface area contributed by atoms with Gasteiger partial charge in [-0.15, -0.1) is 0 Å². The fraction of sp³-hybridized carbons (Fsp3) is 0.0556. The molecule has 116 valence electrons. The van der Waals surface area contributed by atoms with Crippen molar-refractivity contribution in [1.82, 2.24) is 0 Å². The lowest BCUT2D eigenvalue weighted by Gasteiger charge is -2.10. The van der Waals surface area contributed by atoms with Gasteiger partial charge >= 0.3 is 5.97 Å². The van der Waals surface area contributed by atoms with Gasteiger partial charge in [0, 0.05) is 0 Å². The van der Waals surface area contributed by atoms with Gasteiger partial charge in [0.15, 0.2) is 0 Å². The van der Waals surface area contributed by atoms with Crippen LogP contribution in [0.5, 0.6) is 0 Å². The number of fused-ring (bicyclic) bond motifs is 1. The van der Waals surface area contributed by atoms with Gasteiger partial charge in [-0.3, -0.25) is 0 Å². The number of esters is 1. The van der Waals surface area contributed by atoms with Gasteiger partial charge in [-0.1, -0.05) is 77.3 Å². The third-order valence-electron chi connectivity index (χ3n) is 3.49. The minimum atomic E-state index is -0.601. The van der Waals surface area contributed by atoms with E-state index in [9.17, 15) is 4.79 Å². The highest BCUT2D eigenvalue weighted by Gasteiger charge is 2.19. The van der Waals surface area contributed by atoms with Crippen LogP contribution in [0.15, 0.2) is 54.6 Å². The molecule has 0 N–H and O–H groups in total. The molecule has 0 atom stereocenters. The molecular weight excluding hydrogens is 355 g/mol. The second kappa shape index (κ2) is 6.79. The number of carbonyl (C=O) groups excluding carboxylic acids is 1. The highest BCUT2D eigenvalue weighted by atomic mass is 35.5. The Labute approximate surface area is 148 Å². The van der Waals surface area contributed by atoms with Gasteiger partial charge in [-0.25, -0.2) is 4.79 Å². The zero-order valence-corrected chi connectivity index (χ0v) is 14.1. The van der Waals surface area contributed by atoms with Gasteiger partial charge in [0.25, 0.3) is 0 Å². The van der Waals surface area contributed by atoms with Crippen LogP contribution in [-0.2, 0) is 11.3 Å². The summed E-state index contributed by atoms with van der Waals surface area (Å²) in [4.78, 5) is 12.3. The maximum atomic E-state index is 12.3. The molecule has 0 fully saturated rings. The third-order valence-corrected chi connectivity index (χ3v) is 4.61. The zero-order valence-electron chi connectivity index (χ0n) is 11.9. The molecule has 0 aromatic heterocycles. The lowest BCUT2D eigenvalue weighted by molar-refractivity contribution is 0.0475. The predicted molar refractivity (Wildman–Crippen MR) is 94.5 cm³/mol. The minimum absolute atomic E-state index is 0.0843. The lowest BCUT2D eigenvalue weighted by Crippen LogP contribution is -2.07. The van der Waals surface area contributed by atoms with Crippen LogP contribution in [-0.4, -0.2) is 5.97 Å². The van der Waals surface area contributed by atoms with E-state index in [1.54, 1.807) is 0 Å². The number of hydrogen-bond acceptors (Lipinski definition) is 2. The van der Waals surface area contributed by atoms with Crippen molar-refractivity contribution in [3.05, 3.63) is 80.8 Å². The predicted octanol–water partition coefficient (Wildman–Crippen LogP) is 6.16. The van der Waals surface area contributed by atoms with E-state index in [4.69, 9.17) is 39.5 Å². The van der Waals surface area contributed by atoms with Crippen LogP contribution in [0.4, 0.5) is 0 Å². The number of rotatable bonds is 3. The summed E-state index contributed by atoms with van der Waals surface area (Å²) in [6.07, 6.45) is 0. The highest BCUT2D eigenvalue weighted by molar-refractivity contribution is 6.46. The van der Waals surface area contributed by atoms with E-state index in [1.165, 1.54) is 12.1 Å². The van der Waals surface area contributed by atoms with Gasteiger partial charge < -0.3 is 4.74 Å². The average Bonchev–Trinajstić information content (AvgIpc) is 2.56. The van der Waals surface area contributed by atoms with E-state index in [-0.39, 0.29) is 27.2 Å². The van der Waals surface area contributed by atoms with Crippen LogP contribution >= 0.6 is 34.8 Å². The van der Waals surface area contributed by atoms with Crippen LogP contribution in [0.2, 0.25) is 15.1 Å². The van der Waals surface area contributed by atoms with Gasteiger partial charge in [-0.05, 0) is 28.5 Å². The molecule has 3 rings (SSSR count). The summed E-state index contributed by atoms with van der Waals surface area (Å²) in [7, 11) is 0. The Morgan fingerprint density at radius 2 is 1.57 bits per heavy atom. The summed E-state index contributed by atoms with van der Waals surface area (Å²) in [5.74, 6) is -0.601. The van der Waals surface area contributed by atoms with Crippen molar-refractivity contribution in [2.75, 3.05) is 0 Å². The molecule has 0 saturated heterocycles. The van der Waals surface area contributed by atoms with E-state index >= 15 is 0 Å². The maximum absolute atomic E-state index is 12.3. The van der Waals surface area contributed by atoms with E-state index in [1.807, 2.05) is 42.5 Å². The van der Waals surface area contributed by atoms with Crippen molar-refractivity contribution in [2.24, 2.45) is 0 Å². The molecule has 0 amide bonds. The standard InChI is InChI=1S/C18H11Cl3O2/c19-14-8-9-15(20)17(21)16(14)18(22)23-10-12-6-3-5-11-4-1-2-7-13(11)12/h1-9H,10H2. The molecule has 0 bridgehead atoms. The summed E-state index contributed by atoms with van der Waals surface area (Å²) in [5.41, 5.74) is 0.992. The fourth-order valence-electron chi connectivity index (χ4n) is 2.35. The van der Waals surface area contributed by atoms with Crippen LogP contribution < -0.4 is 0 Å². The molecule has 0 saturated carbocycles. The Morgan fingerprint density at radius 3 is 2.39 bits per heavy atom. The second-order valence-electron chi connectivity index (χ2n) is 4.93. The van der Waals surface area contributed by atoms with Gasteiger partial charge in [0.1, 0.15) is 6.61 Å². The normalized spacial score (nSPS) is 10.7. The van der Waals surface area contributed by atoms with Gasteiger partial charge in [0.05, 0.1) is 20.6 Å². The monoisotopic (exact) mass is 364 g/mol. The summed E-state index contributed by atoms with van der Waals surface area (Å²) < 4.78 is 5.37. The first-order chi connectivity index (χ1) is 11.1. The summed E-state index contributed by atoms with van der Waals surface area (Å²) in [6, 6.07) is 16.8. The highest BCUT2D eigenvalue weighted by Crippen LogP contribution is 2.32. The first kappa shape index (κ1) is 16.1. The van der Waals surface area contributed by atoms with Gasteiger partial charge in [0.2, 0.25) is 0 Å². The molecule has 2 nitrogen and oxygen atoms in total. The Kier molecular flexibility index (Phi) is 4.76. The molecule has 0 aliphatic carbocycles. The van der Waals surface area contributed by atoms with Crippen LogP contribution in [0.3, 0.4) is 0 Å². The molecule has 0 spiro atoms. The largest absolute Gasteiger partial charge is 0.457 e. The van der Waals surface area contributed by atoms with Crippen molar-refractivity contribution in [1.29, 1.82) is 0 Å². The van der Waals surface area contributed by atoms with E-state index in [2.05, 4.69) is 0 Å². The Balaban J connectivity index is 1.86. The van der Waals surface area contributed by atoms with Crippen LogP contribution in [0.25, 0.3) is 10.8 Å². The molecule has 5 heteroatoms. The van der Waals surface area contributed by atoms with E-state index in [0.29, 0.717) is 0 Å². The van der Waals surface area contributed by atoms with Crippen molar-refractivity contribution < 1.29 is 9.53 Å². The van der Waals surface area contributed by atoms with Crippen molar-refractivity contribution in [3.63, 3.8) is 0 Å². The summed E-state index contributed by atoms with van der Waals surface area (Å²) >= 11 is 18.0. The quantitative estimate of drug-likeness (QED) is 0.410. The molecule has 0 aliphatic rings. The molecule has 0 heterocycles. The summed E-state index contributed by atoms with van der Waals surface area (Å²) in [6.45, 7) is 0.124. The second-order valence-corrected chi connectivity index (χ2v) is 6.12. The Hall–Kier alpha value is -1.74. The molecule has 0 unspecified atom stereocenters. The SMILES string of the molecule is O=C(OCc1cccc2ccccc12)c1c(Cl)ccc(Cl)c1Cl.